The molecule has 0 aliphatic carbocycles. The van der Waals surface area contributed by atoms with Gasteiger partial charge in [-0.25, -0.2) is 4.98 Å². The average Bonchev–Trinajstić information content (AvgIpc) is 2.86. The SMILES string of the molecule is CCn1ncnc1CC(CNC)Cc1cccc(Br)c1. The van der Waals surface area contributed by atoms with Gasteiger partial charge in [-0.3, -0.25) is 4.68 Å². The van der Waals surface area contributed by atoms with Gasteiger partial charge in [0.05, 0.1) is 0 Å². The summed E-state index contributed by atoms with van der Waals surface area (Å²) in [6.45, 7) is 3.95. The van der Waals surface area contributed by atoms with Gasteiger partial charge in [-0.15, -0.1) is 0 Å². The first kappa shape index (κ1) is 15.2. The molecule has 2 rings (SSSR count). The maximum Gasteiger partial charge on any atom is 0.138 e. The van der Waals surface area contributed by atoms with Gasteiger partial charge in [-0.05, 0) is 50.6 Å². The van der Waals surface area contributed by atoms with Crippen molar-refractivity contribution < 1.29 is 0 Å². The summed E-state index contributed by atoms with van der Waals surface area (Å²) in [5, 5.41) is 7.53. The summed E-state index contributed by atoms with van der Waals surface area (Å²) in [6.07, 6.45) is 3.63. The third-order valence-corrected chi connectivity index (χ3v) is 3.87. The zero-order valence-electron chi connectivity index (χ0n) is 12.0. The molecule has 108 valence electrons. The van der Waals surface area contributed by atoms with Gasteiger partial charge in [0.15, 0.2) is 0 Å². The van der Waals surface area contributed by atoms with Gasteiger partial charge in [-0.2, -0.15) is 5.10 Å². The van der Waals surface area contributed by atoms with E-state index in [0.717, 1.165) is 36.2 Å². The lowest BCUT2D eigenvalue weighted by molar-refractivity contribution is 0.464. The highest BCUT2D eigenvalue weighted by Crippen LogP contribution is 2.17. The van der Waals surface area contributed by atoms with E-state index in [2.05, 4.69) is 62.5 Å². The standard InChI is InChI=1S/C15H21BrN4/c1-3-20-15(18-11-19-20)9-13(10-17-2)7-12-5-4-6-14(16)8-12/h4-6,8,11,13,17H,3,7,9-10H2,1-2H3. The van der Waals surface area contributed by atoms with E-state index in [1.165, 1.54) is 5.56 Å². The van der Waals surface area contributed by atoms with E-state index in [9.17, 15) is 0 Å². The van der Waals surface area contributed by atoms with Gasteiger partial charge >= 0.3 is 0 Å². The Morgan fingerprint density at radius 2 is 2.20 bits per heavy atom. The third kappa shape index (κ3) is 4.15. The summed E-state index contributed by atoms with van der Waals surface area (Å²) in [7, 11) is 2.00. The molecule has 1 aromatic heterocycles. The Kier molecular flexibility index (Phi) is 5.73. The normalized spacial score (nSPS) is 12.6. The molecule has 1 atom stereocenters. The topological polar surface area (TPSA) is 42.7 Å². The quantitative estimate of drug-likeness (QED) is 0.845. The molecule has 1 N–H and O–H groups in total. The van der Waals surface area contributed by atoms with E-state index < -0.39 is 0 Å². The van der Waals surface area contributed by atoms with Crippen LogP contribution < -0.4 is 5.32 Å². The fourth-order valence-corrected chi connectivity index (χ4v) is 2.92. The van der Waals surface area contributed by atoms with Crippen molar-refractivity contribution in [3.05, 3.63) is 46.5 Å². The molecular formula is C15H21BrN4. The highest BCUT2D eigenvalue weighted by Gasteiger charge is 2.14. The van der Waals surface area contributed by atoms with Crippen LogP contribution in [0, 0.1) is 5.92 Å². The van der Waals surface area contributed by atoms with Crippen molar-refractivity contribution >= 4 is 15.9 Å². The van der Waals surface area contributed by atoms with E-state index in [1.807, 2.05) is 11.7 Å². The van der Waals surface area contributed by atoms with E-state index in [1.54, 1.807) is 6.33 Å². The molecule has 1 heterocycles. The summed E-state index contributed by atoms with van der Waals surface area (Å²) >= 11 is 3.53. The fraction of sp³-hybridized carbons (Fsp3) is 0.467. The van der Waals surface area contributed by atoms with Crippen LogP contribution in [0.2, 0.25) is 0 Å². The summed E-state index contributed by atoms with van der Waals surface area (Å²) in [5.41, 5.74) is 1.35. The lowest BCUT2D eigenvalue weighted by atomic mass is 9.95. The minimum Gasteiger partial charge on any atom is -0.319 e. The van der Waals surface area contributed by atoms with E-state index >= 15 is 0 Å². The molecule has 0 amide bonds. The zero-order chi connectivity index (χ0) is 14.4. The molecule has 1 unspecified atom stereocenters. The predicted octanol–water partition coefficient (Wildman–Crippen LogP) is 2.68. The van der Waals surface area contributed by atoms with Gasteiger partial charge < -0.3 is 5.32 Å². The fourth-order valence-electron chi connectivity index (χ4n) is 2.47. The van der Waals surface area contributed by atoms with Gasteiger partial charge in [-0.1, -0.05) is 28.1 Å². The van der Waals surface area contributed by atoms with Crippen LogP contribution in [-0.4, -0.2) is 28.4 Å². The molecule has 0 spiro atoms. The highest BCUT2D eigenvalue weighted by atomic mass is 79.9. The Morgan fingerprint density at radius 3 is 2.90 bits per heavy atom. The molecule has 0 saturated heterocycles. The summed E-state index contributed by atoms with van der Waals surface area (Å²) < 4.78 is 3.11. The van der Waals surface area contributed by atoms with Crippen molar-refractivity contribution in [2.45, 2.75) is 26.3 Å². The molecule has 0 bridgehead atoms. The molecule has 1 aromatic carbocycles. The Bertz CT molecular complexity index is 538. The minimum atomic E-state index is 0.517. The number of halogens is 1. The number of hydrogen-bond donors (Lipinski definition) is 1. The lowest BCUT2D eigenvalue weighted by Gasteiger charge is -2.16. The second kappa shape index (κ2) is 7.55. The Hall–Kier alpha value is -1.20. The number of aryl methyl sites for hydroxylation is 1. The number of nitrogens with one attached hydrogen (secondary N) is 1. The van der Waals surface area contributed by atoms with Crippen LogP contribution in [0.1, 0.15) is 18.3 Å². The maximum atomic E-state index is 4.38. The van der Waals surface area contributed by atoms with Crippen molar-refractivity contribution in [2.75, 3.05) is 13.6 Å². The monoisotopic (exact) mass is 336 g/mol. The Balaban J connectivity index is 2.07. The summed E-state index contributed by atoms with van der Waals surface area (Å²) in [4.78, 5) is 4.38. The molecule has 5 heteroatoms. The average molecular weight is 337 g/mol. The third-order valence-electron chi connectivity index (χ3n) is 3.37. The number of rotatable bonds is 7. The highest BCUT2D eigenvalue weighted by molar-refractivity contribution is 9.10. The van der Waals surface area contributed by atoms with Crippen molar-refractivity contribution in [3.63, 3.8) is 0 Å². The minimum absolute atomic E-state index is 0.517. The maximum absolute atomic E-state index is 4.38. The van der Waals surface area contributed by atoms with Crippen molar-refractivity contribution in [1.82, 2.24) is 20.1 Å². The van der Waals surface area contributed by atoms with E-state index in [4.69, 9.17) is 0 Å². The second-order valence-electron chi connectivity index (χ2n) is 4.95. The van der Waals surface area contributed by atoms with E-state index in [-0.39, 0.29) is 0 Å². The van der Waals surface area contributed by atoms with Crippen molar-refractivity contribution in [1.29, 1.82) is 0 Å². The first-order chi connectivity index (χ1) is 9.72. The molecule has 0 radical (unpaired) electrons. The van der Waals surface area contributed by atoms with Gasteiger partial charge in [0.25, 0.3) is 0 Å². The lowest BCUT2D eigenvalue weighted by Crippen LogP contribution is -2.24. The summed E-state index contributed by atoms with van der Waals surface area (Å²) in [5.74, 6) is 1.59. The van der Waals surface area contributed by atoms with Crippen molar-refractivity contribution in [2.24, 2.45) is 5.92 Å². The first-order valence-corrected chi connectivity index (χ1v) is 7.78. The molecule has 4 nitrogen and oxygen atoms in total. The van der Waals surface area contributed by atoms with Crippen LogP contribution in [0.3, 0.4) is 0 Å². The van der Waals surface area contributed by atoms with E-state index in [0.29, 0.717) is 5.92 Å². The smallest absolute Gasteiger partial charge is 0.138 e. The molecule has 0 aliphatic rings. The Labute approximate surface area is 128 Å². The van der Waals surface area contributed by atoms with Crippen LogP contribution in [0.5, 0.6) is 0 Å². The Morgan fingerprint density at radius 1 is 1.35 bits per heavy atom. The van der Waals surface area contributed by atoms with Gasteiger partial charge in [0.1, 0.15) is 12.2 Å². The number of benzene rings is 1. The molecule has 0 fully saturated rings. The van der Waals surface area contributed by atoms with Gasteiger partial charge in [0.2, 0.25) is 0 Å². The number of nitrogens with zero attached hydrogens (tertiary/aromatic N) is 3. The largest absolute Gasteiger partial charge is 0.319 e. The van der Waals surface area contributed by atoms with Crippen LogP contribution in [0.4, 0.5) is 0 Å². The van der Waals surface area contributed by atoms with Crippen LogP contribution in [-0.2, 0) is 19.4 Å². The molecule has 0 saturated carbocycles. The van der Waals surface area contributed by atoms with Crippen LogP contribution >= 0.6 is 15.9 Å². The van der Waals surface area contributed by atoms with Crippen LogP contribution in [0.15, 0.2) is 35.1 Å². The zero-order valence-corrected chi connectivity index (χ0v) is 13.6. The summed E-state index contributed by atoms with van der Waals surface area (Å²) in [6, 6.07) is 8.51. The molecule has 0 aliphatic heterocycles. The number of aromatic nitrogens is 3. The molecule has 20 heavy (non-hydrogen) atoms. The second-order valence-corrected chi connectivity index (χ2v) is 5.87. The molecule has 2 aromatic rings. The molecular weight excluding hydrogens is 316 g/mol. The van der Waals surface area contributed by atoms with Crippen LogP contribution in [0.25, 0.3) is 0 Å². The van der Waals surface area contributed by atoms with Gasteiger partial charge in [0, 0.05) is 17.4 Å². The predicted molar refractivity (Wildman–Crippen MR) is 84.7 cm³/mol. The number of hydrogen-bond acceptors (Lipinski definition) is 3. The first-order valence-electron chi connectivity index (χ1n) is 6.98. The van der Waals surface area contributed by atoms with Crippen molar-refractivity contribution in [3.8, 4) is 0 Å².